The maximum atomic E-state index is 13.1. The summed E-state index contributed by atoms with van der Waals surface area (Å²) in [4.78, 5) is 28.3. The van der Waals surface area contributed by atoms with Crippen LogP contribution in [0.2, 0.25) is 0 Å². The number of carbonyl (C=O) groups excluding carboxylic acids is 2. The smallest absolute Gasteiger partial charge is 0.278 e. The molecule has 0 spiro atoms. The number of amides is 2. The van der Waals surface area contributed by atoms with E-state index in [1.165, 1.54) is 16.2 Å². The summed E-state index contributed by atoms with van der Waals surface area (Å²) >= 11 is 1.45. The third kappa shape index (κ3) is 3.41. The van der Waals surface area contributed by atoms with Crippen molar-refractivity contribution in [3.8, 4) is 0 Å². The lowest BCUT2D eigenvalue weighted by atomic mass is 10.1. The van der Waals surface area contributed by atoms with Gasteiger partial charge < -0.3 is 5.32 Å². The first-order valence-corrected chi connectivity index (χ1v) is 9.53. The number of rotatable bonds is 5. The number of para-hydroxylation sites is 1. The van der Waals surface area contributed by atoms with Crippen LogP contribution in [0.4, 0.5) is 5.69 Å². The third-order valence-electron chi connectivity index (χ3n) is 4.44. The predicted octanol–water partition coefficient (Wildman–Crippen LogP) is 4.45. The van der Waals surface area contributed by atoms with E-state index in [-0.39, 0.29) is 18.4 Å². The average Bonchev–Trinajstić information content (AvgIpc) is 3.28. The summed E-state index contributed by atoms with van der Waals surface area (Å²) in [5.74, 6) is -0.561. The third-order valence-corrected chi connectivity index (χ3v) is 5.33. The van der Waals surface area contributed by atoms with E-state index in [1.807, 2.05) is 79.0 Å². The van der Waals surface area contributed by atoms with Gasteiger partial charge in [-0.2, -0.15) is 0 Å². The predicted molar refractivity (Wildman–Crippen MR) is 108 cm³/mol. The van der Waals surface area contributed by atoms with Crippen LogP contribution in [-0.2, 0) is 16.1 Å². The first kappa shape index (κ1) is 17.2. The number of anilines is 1. The number of benzene rings is 2. The van der Waals surface area contributed by atoms with Crippen molar-refractivity contribution in [2.24, 2.45) is 0 Å². The Morgan fingerprint density at radius 2 is 1.63 bits per heavy atom. The molecule has 4 nitrogen and oxygen atoms in total. The van der Waals surface area contributed by atoms with Gasteiger partial charge in [-0.25, -0.2) is 0 Å². The molecule has 2 amide bonds. The summed E-state index contributed by atoms with van der Waals surface area (Å²) in [7, 11) is 0. The van der Waals surface area contributed by atoms with Gasteiger partial charge in [-0.3, -0.25) is 14.5 Å². The Hall–Kier alpha value is -3.18. The molecule has 1 aromatic heterocycles. The Morgan fingerprint density at radius 3 is 2.30 bits per heavy atom. The summed E-state index contributed by atoms with van der Waals surface area (Å²) in [6.07, 6.45) is 0. The van der Waals surface area contributed by atoms with Crippen molar-refractivity contribution < 1.29 is 9.59 Å². The Kier molecular flexibility index (Phi) is 4.60. The molecule has 0 fully saturated rings. The monoisotopic (exact) mass is 374 g/mol. The van der Waals surface area contributed by atoms with Crippen LogP contribution in [0.5, 0.6) is 0 Å². The van der Waals surface area contributed by atoms with Gasteiger partial charge in [0.1, 0.15) is 5.70 Å². The highest BCUT2D eigenvalue weighted by atomic mass is 32.1. The van der Waals surface area contributed by atoms with Crippen LogP contribution in [0, 0.1) is 6.92 Å². The van der Waals surface area contributed by atoms with Gasteiger partial charge in [0.05, 0.1) is 12.1 Å². The van der Waals surface area contributed by atoms with E-state index in [0.29, 0.717) is 11.3 Å². The van der Waals surface area contributed by atoms with Crippen LogP contribution in [0.3, 0.4) is 0 Å². The second kappa shape index (κ2) is 7.21. The van der Waals surface area contributed by atoms with Crippen LogP contribution in [0.15, 0.2) is 77.8 Å². The zero-order chi connectivity index (χ0) is 18.8. The van der Waals surface area contributed by atoms with Crippen molar-refractivity contribution in [2.75, 3.05) is 5.32 Å². The molecule has 1 aliphatic heterocycles. The van der Waals surface area contributed by atoms with Gasteiger partial charge in [0.2, 0.25) is 0 Å². The van der Waals surface area contributed by atoms with Crippen molar-refractivity contribution in [1.82, 2.24) is 4.90 Å². The molecule has 0 atom stereocenters. The number of aryl methyl sites for hydroxylation is 1. The van der Waals surface area contributed by atoms with Gasteiger partial charge in [-0.15, -0.1) is 11.3 Å². The van der Waals surface area contributed by atoms with Crippen molar-refractivity contribution >= 4 is 34.4 Å². The molecule has 4 rings (SSSR count). The molecule has 0 saturated heterocycles. The Labute approximate surface area is 161 Å². The lowest BCUT2D eigenvalue weighted by molar-refractivity contribution is -0.137. The molecule has 1 aliphatic rings. The summed E-state index contributed by atoms with van der Waals surface area (Å²) in [6, 6.07) is 21.0. The summed E-state index contributed by atoms with van der Waals surface area (Å²) < 4.78 is 0. The highest BCUT2D eigenvalue weighted by molar-refractivity contribution is 7.11. The number of imide groups is 1. The molecule has 0 saturated carbocycles. The highest BCUT2D eigenvalue weighted by Crippen LogP contribution is 2.33. The molecule has 0 unspecified atom stereocenters. The van der Waals surface area contributed by atoms with E-state index in [0.717, 1.165) is 21.7 Å². The van der Waals surface area contributed by atoms with Crippen LogP contribution < -0.4 is 5.32 Å². The van der Waals surface area contributed by atoms with Crippen molar-refractivity contribution in [3.05, 3.63) is 93.8 Å². The summed E-state index contributed by atoms with van der Waals surface area (Å²) in [5, 5.41) is 5.06. The van der Waals surface area contributed by atoms with Crippen molar-refractivity contribution in [2.45, 2.75) is 13.5 Å². The molecule has 0 bridgehead atoms. The normalized spacial score (nSPS) is 14.2. The SMILES string of the molecule is Cc1ccc(CN2C(=O)C(Nc3ccccc3)=C(c3cccs3)C2=O)cc1. The molecule has 0 aliphatic carbocycles. The number of hydrogen-bond donors (Lipinski definition) is 1. The molecule has 5 heteroatoms. The topological polar surface area (TPSA) is 49.4 Å². The first-order chi connectivity index (χ1) is 13.1. The van der Waals surface area contributed by atoms with E-state index in [4.69, 9.17) is 0 Å². The van der Waals surface area contributed by atoms with Gasteiger partial charge in [0.25, 0.3) is 11.8 Å². The fourth-order valence-electron chi connectivity index (χ4n) is 3.03. The van der Waals surface area contributed by atoms with E-state index in [1.54, 1.807) is 0 Å². The largest absolute Gasteiger partial charge is 0.350 e. The molecular formula is C22H18N2O2S. The Morgan fingerprint density at radius 1 is 0.889 bits per heavy atom. The maximum absolute atomic E-state index is 13.1. The lowest BCUT2D eigenvalue weighted by Crippen LogP contribution is -2.31. The van der Waals surface area contributed by atoms with E-state index in [9.17, 15) is 9.59 Å². The zero-order valence-corrected chi connectivity index (χ0v) is 15.6. The second-order valence-corrected chi connectivity index (χ2v) is 7.35. The molecule has 3 aromatic rings. The number of nitrogens with zero attached hydrogens (tertiary/aromatic N) is 1. The first-order valence-electron chi connectivity index (χ1n) is 8.65. The van der Waals surface area contributed by atoms with Crippen molar-refractivity contribution in [3.63, 3.8) is 0 Å². The minimum Gasteiger partial charge on any atom is -0.350 e. The quantitative estimate of drug-likeness (QED) is 0.671. The van der Waals surface area contributed by atoms with Gasteiger partial charge in [-0.1, -0.05) is 54.1 Å². The van der Waals surface area contributed by atoms with Crippen LogP contribution in [-0.4, -0.2) is 16.7 Å². The lowest BCUT2D eigenvalue weighted by Gasteiger charge is -2.15. The second-order valence-electron chi connectivity index (χ2n) is 6.40. The molecule has 0 radical (unpaired) electrons. The Bertz CT molecular complexity index is 1010. The Balaban J connectivity index is 1.69. The summed E-state index contributed by atoms with van der Waals surface area (Å²) in [6.45, 7) is 2.26. The fourth-order valence-corrected chi connectivity index (χ4v) is 3.79. The van der Waals surface area contributed by atoms with E-state index >= 15 is 0 Å². The van der Waals surface area contributed by atoms with Gasteiger partial charge in [-0.05, 0) is 36.1 Å². The molecule has 2 heterocycles. The van der Waals surface area contributed by atoms with Gasteiger partial charge in [0.15, 0.2) is 0 Å². The van der Waals surface area contributed by atoms with Crippen molar-refractivity contribution in [1.29, 1.82) is 0 Å². The molecule has 1 N–H and O–H groups in total. The standard InChI is InChI=1S/C22H18N2O2S/c1-15-9-11-16(12-10-15)14-24-21(25)19(18-8-5-13-27-18)20(22(24)26)23-17-6-3-2-4-7-17/h2-13,23H,14H2,1H3. The van der Waals surface area contributed by atoms with Gasteiger partial charge in [0, 0.05) is 10.6 Å². The molecule has 134 valence electrons. The average molecular weight is 374 g/mol. The molecule has 27 heavy (non-hydrogen) atoms. The maximum Gasteiger partial charge on any atom is 0.278 e. The number of hydrogen-bond acceptors (Lipinski definition) is 4. The number of carbonyl (C=O) groups is 2. The fraction of sp³-hybridized carbons (Fsp3) is 0.0909. The number of nitrogens with one attached hydrogen (secondary N) is 1. The van der Waals surface area contributed by atoms with Gasteiger partial charge >= 0.3 is 0 Å². The van der Waals surface area contributed by atoms with E-state index in [2.05, 4.69) is 5.32 Å². The van der Waals surface area contributed by atoms with Crippen LogP contribution in [0.25, 0.3) is 5.57 Å². The van der Waals surface area contributed by atoms with Crippen LogP contribution >= 0.6 is 11.3 Å². The minimum absolute atomic E-state index is 0.257. The van der Waals surface area contributed by atoms with E-state index < -0.39 is 0 Å². The highest BCUT2D eigenvalue weighted by Gasteiger charge is 2.39. The zero-order valence-electron chi connectivity index (χ0n) is 14.8. The minimum atomic E-state index is -0.298. The van der Waals surface area contributed by atoms with Crippen LogP contribution in [0.1, 0.15) is 16.0 Å². The number of thiophene rings is 1. The molecular weight excluding hydrogens is 356 g/mol. The summed E-state index contributed by atoms with van der Waals surface area (Å²) in [5.41, 5.74) is 3.61. The molecule has 2 aromatic carbocycles.